The second kappa shape index (κ2) is 5.73. The van der Waals surface area contributed by atoms with E-state index in [2.05, 4.69) is 36.0 Å². The molecule has 0 unspecified atom stereocenters. The Labute approximate surface area is 85.9 Å². The molecule has 1 heterocycles. The minimum Gasteiger partial charge on any atom is -0.330 e. The van der Waals surface area contributed by atoms with Gasteiger partial charge in [-0.3, -0.25) is 4.98 Å². The summed E-state index contributed by atoms with van der Waals surface area (Å²) in [7, 11) is 2.09. The molecule has 14 heavy (non-hydrogen) atoms. The quantitative estimate of drug-likeness (QED) is 0.763. The fourth-order valence-electron chi connectivity index (χ4n) is 1.31. The van der Waals surface area contributed by atoms with Crippen molar-refractivity contribution in [1.29, 1.82) is 0 Å². The number of aryl methyl sites for hydroxylation is 1. The van der Waals surface area contributed by atoms with E-state index in [4.69, 9.17) is 5.73 Å². The second-order valence-corrected chi connectivity index (χ2v) is 3.71. The molecule has 1 rings (SSSR count). The maximum absolute atomic E-state index is 5.45. The third kappa shape index (κ3) is 3.85. The van der Waals surface area contributed by atoms with Crippen molar-refractivity contribution in [2.75, 3.05) is 20.1 Å². The molecule has 0 aromatic carbocycles. The highest BCUT2D eigenvalue weighted by atomic mass is 15.1. The van der Waals surface area contributed by atoms with Crippen molar-refractivity contribution in [3.05, 3.63) is 29.6 Å². The van der Waals surface area contributed by atoms with Crippen LogP contribution in [-0.4, -0.2) is 30.0 Å². The van der Waals surface area contributed by atoms with Crippen molar-refractivity contribution < 1.29 is 0 Å². The highest BCUT2D eigenvalue weighted by molar-refractivity contribution is 5.11. The number of nitrogens with two attached hydrogens (primary N) is 1. The van der Waals surface area contributed by atoms with Crippen LogP contribution in [0.1, 0.15) is 17.7 Å². The zero-order chi connectivity index (χ0) is 10.4. The molecule has 3 nitrogen and oxygen atoms in total. The fraction of sp³-hybridized carbons (Fsp3) is 0.545. The van der Waals surface area contributed by atoms with Gasteiger partial charge in [0.25, 0.3) is 0 Å². The summed E-state index contributed by atoms with van der Waals surface area (Å²) < 4.78 is 0. The molecule has 0 aliphatic heterocycles. The van der Waals surface area contributed by atoms with Gasteiger partial charge < -0.3 is 10.6 Å². The van der Waals surface area contributed by atoms with Gasteiger partial charge in [0, 0.05) is 12.7 Å². The monoisotopic (exact) mass is 193 g/mol. The van der Waals surface area contributed by atoms with Gasteiger partial charge in [0.1, 0.15) is 0 Å². The zero-order valence-electron chi connectivity index (χ0n) is 9.03. The molecule has 1 aromatic heterocycles. The molecule has 0 aliphatic rings. The van der Waals surface area contributed by atoms with E-state index in [0.29, 0.717) is 0 Å². The van der Waals surface area contributed by atoms with Gasteiger partial charge in [-0.2, -0.15) is 0 Å². The maximum atomic E-state index is 5.45. The third-order valence-electron chi connectivity index (χ3n) is 2.15. The Hall–Kier alpha value is -0.930. The van der Waals surface area contributed by atoms with E-state index in [9.17, 15) is 0 Å². The van der Waals surface area contributed by atoms with Crippen LogP contribution in [0.4, 0.5) is 0 Å². The van der Waals surface area contributed by atoms with Gasteiger partial charge in [-0.25, -0.2) is 0 Å². The molecule has 0 saturated heterocycles. The van der Waals surface area contributed by atoms with Gasteiger partial charge in [0.15, 0.2) is 0 Å². The molecule has 0 aliphatic carbocycles. The summed E-state index contributed by atoms with van der Waals surface area (Å²) in [6.07, 6.45) is 2.95. The van der Waals surface area contributed by atoms with Crippen molar-refractivity contribution in [3.63, 3.8) is 0 Å². The predicted molar refractivity (Wildman–Crippen MR) is 59.0 cm³/mol. The second-order valence-electron chi connectivity index (χ2n) is 3.71. The summed E-state index contributed by atoms with van der Waals surface area (Å²) in [5.74, 6) is 0. The highest BCUT2D eigenvalue weighted by Gasteiger charge is 1.99. The third-order valence-corrected chi connectivity index (χ3v) is 2.15. The lowest BCUT2D eigenvalue weighted by atomic mass is 10.2. The van der Waals surface area contributed by atoms with Crippen LogP contribution in [0.5, 0.6) is 0 Å². The SMILES string of the molecule is Cc1ccc(CN(C)CCCN)nc1. The van der Waals surface area contributed by atoms with E-state index in [0.717, 1.165) is 31.7 Å². The van der Waals surface area contributed by atoms with E-state index >= 15 is 0 Å². The number of hydrogen-bond acceptors (Lipinski definition) is 3. The van der Waals surface area contributed by atoms with E-state index < -0.39 is 0 Å². The van der Waals surface area contributed by atoms with E-state index in [1.807, 2.05) is 6.20 Å². The summed E-state index contributed by atoms with van der Waals surface area (Å²) >= 11 is 0. The lowest BCUT2D eigenvalue weighted by molar-refractivity contribution is 0.320. The Morgan fingerprint density at radius 3 is 2.79 bits per heavy atom. The molecule has 0 fully saturated rings. The van der Waals surface area contributed by atoms with E-state index in [1.165, 1.54) is 5.56 Å². The topological polar surface area (TPSA) is 42.1 Å². The minimum atomic E-state index is 0.756. The molecule has 1 aromatic rings. The first-order valence-electron chi connectivity index (χ1n) is 5.02. The van der Waals surface area contributed by atoms with Gasteiger partial charge in [0.05, 0.1) is 5.69 Å². The van der Waals surface area contributed by atoms with Crippen molar-refractivity contribution in [2.45, 2.75) is 19.9 Å². The summed E-state index contributed by atoms with van der Waals surface area (Å²) in [6.45, 7) is 4.74. The largest absolute Gasteiger partial charge is 0.330 e. The first-order valence-corrected chi connectivity index (χ1v) is 5.02. The summed E-state index contributed by atoms with van der Waals surface area (Å²) in [6, 6.07) is 4.17. The normalized spacial score (nSPS) is 10.9. The minimum absolute atomic E-state index is 0.756. The van der Waals surface area contributed by atoms with Crippen molar-refractivity contribution in [1.82, 2.24) is 9.88 Å². The molecular formula is C11H19N3. The number of pyridine rings is 1. The maximum Gasteiger partial charge on any atom is 0.0544 e. The molecule has 78 valence electrons. The Morgan fingerprint density at radius 1 is 1.43 bits per heavy atom. The van der Waals surface area contributed by atoms with Crippen LogP contribution in [-0.2, 0) is 6.54 Å². The van der Waals surface area contributed by atoms with Crippen LogP contribution in [0.25, 0.3) is 0 Å². The van der Waals surface area contributed by atoms with Gasteiger partial charge in [-0.1, -0.05) is 6.07 Å². The van der Waals surface area contributed by atoms with Gasteiger partial charge in [-0.05, 0) is 45.1 Å². The smallest absolute Gasteiger partial charge is 0.0544 e. The number of aromatic nitrogens is 1. The zero-order valence-corrected chi connectivity index (χ0v) is 9.03. The lowest BCUT2D eigenvalue weighted by Gasteiger charge is -2.15. The molecule has 0 bridgehead atoms. The number of nitrogens with zero attached hydrogens (tertiary/aromatic N) is 2. The fourth-order valence-corrected chi connectivity index (χ4v) is 1.31. The van der Waals surface area contributed by atoms with Gasteiger partial charge in [0.2, 0.25) is 0 Å². The average molecular weight is 193 g/mol. The Bertz CT molecular complexity index is 256. The standard InChI is InChI=1S/C11H19N3/c1-10-4-5-11(13-8-10)9-14(2)7-3-6-12/h4-5,8H,3,6-7,9,12H2,1-2H3. The Morgan fingerprint density at radius 2 is 2.21 bits per heavy atom. The Kier molecular flexibility index (Phi) is 4.56. The molecule has 2 N–H and O–H groups in total. The average Bonchev–Trinajstić information content (AvgIpc) is 2.18. The van der Waals surface area contributed by atoms with Crippen LogP contribution in [0.2, 0.25) is 0 Å². The van der Waals surface area contributed by atoms with Gasteiger partial charge in [-0.15, -0.1) is 0 Å². The van der Waals surface area contributed by atoms with Crippen LogP contribution < -0.4 is 5.73 Å². The molecule has 3 heteroatoms. The van der Waals surface area contributed by atoms with E-state index in [1.54, 1.807) is 0 Å². The van der Waals surface area contributed by atoms with Crippen molar-refractivity contribution in [2.24, 2.45) is 5.73 Å². The number of hydrogen-bond donors (Lipinski definition) is 1. The van der Waals surface area contributed by atoms with Crippen LogP contribution in [0.3, 0.4) is 0 Å². The molecular weight excluding hydrogens is 174 g/mol. The van der Waals surface area contributed by atoms with Crippen LogP contribution >= 0.6 is 0 Å². The lowest BCUT2D eigenvalue weighted by Crippen LogP contribution is -2.21. The van der Waals surface area contributed by atoms with Crippen molar-refractivity contribution >= 4 is 0 Å². The summed E-state index contributed by atoms with van der Waals surface area (Å²) in [5.41, 5.74) is 7.78. The molecule has 0 amide bonds. The Balaban J connectivity index is 2.39. The molecule has 0 spiro atoms. The van der Waals surface area contributed by atoms with Gasteiger partial charge >= 0.3 is 0 Å². The van der Waals surface area contributed by atoms with Crippen LogP contribution in [0, 0.1) is 6.92 Å². The summed E-state index contributed by atoms with van der Waals surface area (Å²) in [4.78, 5) is 6.59. The first-order chi connectivity index (χ1) is 6.72. The first kappa shape index (κ1) is 11.1. The van der Waals surface area contributed by atoms with E-state index in [-0.39, 0.29) is 0 Å². The predicted octanol–water partition coefficient (Wildman–Crippen LogP) is 1.17. The number of rotatable bonds is 5. The highest BCUT2D eigenvalue weighted by Crippen LogP contribution is 2.01. The summed E-state index contributed by atoms with van der Waals surface area (Å²) in [5, 5.41) is 0. The molecule has 0 saturated carbocycles. The molecule has 0 radical (unpaired) electrons. The molecule has 0 atom stereocenters. The van der Waals surface area contributed by atoms with Crippen molar-refractivity contribution in [3.8, 4) is 0 Å². The van der Waals surface area contributed by atoms with Crippen LogP contribution in [0.15, 0.2) is 18.3 Å².